The molecule has 0 nitrogen and oxygen atoms in total. The van der Waals surface area contributed by atoms with Gasteiger partial charge in [0.05, 0.1) is 0 Å². The van der Waals surface area contributed by atoms with Gasteiger partial charge in [0.2, 0.25) is 0 Å². The number of rotatable bonds is 2. The van der Waals surface area contributed by atoms with Crippen LogP contribution in [-0.2, 0) is 10.8 Å². The number of hydrogen-bond donors (Lipinski definition) is 0. The lowest BCUT2D eigenvalue weighted by Gasteiger charge is -2.29. The molecule has 12 rings (SSSR count). The van der Waals surface area contributed by atoms with Crippen molar-refractivity contribution in [3.8, 4) is 44.5 Å². The predicted octanol–water partition coefficient (Wildman–Crippen LogP) is 17.1. The summed E-state index contributed by atoms with van der Waals surface area (Å²) in [6.07, 6.45) is 0. The summed E-state index contributed by atoms with van der Waals surface area (Å²) < 4.78 is 0. The molecule has 0 bridgehead atoms. The molecule has 0 radical (unpaired) electrons. The molecule has 0 amide bonds. The zero-order valence-corrected chi connectivity index (χ0v) is 35.3. The minimum atomic E-state index is -0.0667. The van der Waals surface area contributed by atoms with Crippen molar-refractivity contribution in [1.29, 1.82) is 0 Å². The van der Waals surface area contributed by atoms with Gasteiger partial charge in [0, 0.05) is 30.4 Å². The van der Waals surface area contributed by atoms with E-state index in [9.17, 15) is 0 Å². The summed E-state index contributed by atoms with van der Waals surface area (Å²) in [4.78, 5) is 5.34. The first-order chi connectivity index (χ1) is 28.0. The maximum atomic E-state index is 2.53. The Balaban J connectivity index is 1.16. The second kappa shape index (κ2) is 12.0. The molecule has 0 aliphatic carbocycles. The number of hydrogen-bond acceptors (Lipinski definition) is 2. The monoisotopic (exact) mass is 778 g/mol. The Morgan fingerprint density at radius 2 is 0.810 bits per heavy atom. The zero-order chi connectivity index (χ0) is 39.2. The van der Waals surface area contributed by atoms with E-state index in [4.69, 9.17) is 0 Å². The molecule has 0 saturated heterocycles. The van der Waals surface area contributed by atoms with Crippen LogP contribution in [-0.4, -0.2) is 0 Å². The molecular weight excluding hydrogens is 737 g/mol. The Kier molecular flexibility index (Phi) is 7.14. The van der Waals surface area contributed by atoms with Crippen LogP contribution in [0.25, 0.3) is 98.4 Å². The van der Waals surface area contributed by atoms with E-state index in [0.29, 0.717) is 0 Å². The average molecular weight is 779 g/mol. The molecule has 10 aromatic carbocycles. The fraction of sp³-hybridized carbons (Fsp3) is 0.143. The van der Waals surface area contributed by atoms with Gasteiger partial charge in [-0.25, -0.2) is 0 Å². The van der Waals surface area contributed by atoms with Gasteiger partial charge in [-0.2, -0.15) is 0 Å². The highest BCUT2D eigenvalue weighted by molar-refractivity contribution is 8.00. The molecule has 0 unspecified atom stereocenters. The molecule has 58 heavy (non-hydrogen) atoms. The summed E-state index contributed by atoms with van der Waals surface area (Å²) in [7, 11) is 0. The molecule has 0 atom stereocenters. The molecule has 2 aliphatic heterocycles. The first kappa shape index (κ1) is 34.5. The van der Waals surface area contributed by atoms with Crippen molar-refractivity contribution < 1.29 is 0 Å². The van der Waals surface area contributed by atoms with Gasteiger partial charge >= 0.3 is 0 Å². The van der Waals surface area contributed by atoms with E-state index in [1.54, 1.807) is 0 Å². The van der Waals surface area contributed by atoms with Crippen LogP contribution in [0.3, 0.4) is 0 Å². The van der Waals surface area contributed by atoms with Gasteiger partial charge in [-0.15, -0.1) is 0 Å². The summed E-state index contributed by atoms with van der Waals surface area (Å²) in [5, 5.41) is 13.5. The average Bonchev–Trinajstić information content (AvgIpc) is 3.22. The van der Waals surface area contributed by atoms with E-state index in [0.717, 1.165) is 0 Å². The van der Waals surface area contributed by atoms with E-state index in [-0.39, 0.29) is 10.8 Å². The van der Waals surface area contributed by atoms with Crippen molar-refractivity contribution in [2.45, 2.75) is 72.0 Å². The van der Waals surface area contributed by atoms with Crippen LogP contribution >= 0.6 is 23.5 Å². The van der Waals surface area contributed by atoms with E-state index in [1.807, 2.05) is 23.5 Å². The van der Waals surface area contributed by atoms with Gasteiger partial charge in [0.1, 0.15) is 0 Å². The largest absolute Gasteiger partial charge is 0.0888 e. The van der Waals surface area contributed by atoms with Crippen molar-refractivity contribution in [1.82, 2.24) is 0 Å². The highest BCUT2D eigenvalue weighted by Crippen LogP contribution is 2.54. The van der Waals surface area contributed by atoms with Gasteiger partial charge < -0.3 is 0 Å². The molecule has 0 aromatic heterocycles. The van der Waals surface area contributed by atoms with Crippen LogP contribution in [0, 0.1) is 0 Å². The Morgan fingerprint density at radius 3 is 1.55 bits per heavy atom. The summed E-state index contributed by atoms with van der Waals surface area (Å²) in [6.45, 7) is 14.3. The number of benzene rings is 10. The topological polar surface area (TPSA) is 0 Å². The molecule has 0 saturated carbocycles. The zero-order valence-electron chi connectivity index (χ0n) is 33.7. The summed E-state index contributed by atoms with van der Waals surface area (Å²) in [6, 6.07) is 56.0. The quantitative estimate of drug-likeness (QED) is 0.160. The molecule has 2 heteroatoms. The third kappa shape index (κ3) is 4.85. The van der Waals surface area contributed by atoms with Crippen LogP contribution in [0.2, 0.25) is 0 Å². The molecule has 0 spiro atoms. The number of fused-ring (bicyclic) bond motifs is 4. The molecular formula is C56H42S2. The van der Waals surface area contributed by atoms with Crippen LogP contribution in [0.15, 0.2) is 165 Å². The Hall–Kier alpha value is -5.54. The third-order valence-corrected chi connectivity index (χ3v) is 15.1. The Morgan fingerprint density at radius 1 is 0.310 bits per heavy atom. The molecule has 2 heterocycles. The second-order valence-corrected chi connectivity index (χ2v) is 20.6. The molecule has 278 valence electrons. The standard InChI is InChI=1S/C56H42S2/c1-55(2,3)45-29-43(32-20-21-35-37-15-9-12-31-13-10-18-48(51(31)37)58-50(35)28-32)39-24-26-42-46(56(4,5)6)30-44(40-25-27-41(45)53(39)54(40)42)33-22-23-38-34-14-7-8-17-47(34)57-49-19-11-16-36(33)52(38)49/h7-30H,1-6H3. The van der Waals surface area contributed by atoms with Gasteiger partial charge in [-0.3, -0.25) is 0 Å². The Bertz CT molecular complexity index is 3400. The normalized spacial score (nSPS) is 13.6. The highest BCUT2D eigenvalue weighted by atomic mass is 32.2. The Labute approximate surface area is 348 Å². The minimum absolute atomic E-state index is 0.0611. The van der Waals surface area contributed by atoms with Crippen molar-refractivity contribution in [2.75, 3.05) is 0 Å². The van der Waals surface area contributed by atoms with Crippen LogP contribution in [0.5, 0.6) is 0 Å². The lowest BCUT2D eigenvalue weighted by Crippen LogP contribution is -2.14. The van der Waals surface area contributed by atoms with Gasteiger partial charge in [0.15, 0.2) is 0 Å². The second-order valence-electron chi connectivity index (χ2n) is 18.4. The maximum Gasteiger partial charge on any atom is 0.0207 e. The first-order valence-electron chi connectivity index (χ1n) is 20.5. The summed E-state index contributed by atoms with van der Waals surface area (Å²) in [5.41, 5.74) is 13.2. The smallest absolute Gasteiger partial charge is 0.0207 e. The SMILES string of the molecule is CC(C)(C)c1cc(-c2ccc3c(c2)Sc2cccc4cccc-3c24)c2ccc3c(C(C)(C)C)cc(-c4ccc5c6c(cccc46)Sc4ccccc4-5)c4ccc1c2c43. The summed E-state index contributed by atoms with van der Waals surface area (Å²) >= 11 is 3.82. The van der Waals surface area contributed by atoms with Crippen molar-refractivity contribution in [3.05, 3.63) is 157 Å². The predicted molar refractivity (Wildman–Crippen MR) is 253 cm³/mol. The van der Waals surface area contributed by atoms with Crippen LogP contribution in [0.1, 0.15) is 52.7 Å². The lowest BCUT2D eigenvalue weighted by atomic mass is 9.75. The van der Waals surface area contributed by atoms with Gasteiger partial charge in [0.25, 0.3) is 0 Å². The van der Waals surface area contributed by atoms with Crippen molar-refractivity contribution >= 4 is 77.4 Å². The van der Waals surface area contributed by atoms with Crippen molar-refractivity contribution in [2.24, 2.45) is 0 Å². The van der Waals surface area contributed by atoms with Crippen LogP contribution in [0.4, 0.5) is 0 Å². The van der Waals surface area contributed by atoms with Gasteiger partial charge in [-0.05, 0) is 146 Å². The third-order valence-electron chi connectivity index (χ3n) is 12.9. The molecule has 2 aliphatic rings. The first-order valence-corrected chi connectivity index (χ1v) is 22.1. The maximum absolute atomic E-state index is 2.53. The van der Waals surface area contributed by atoms with Crippen LogP contribution < -0.4 is 0 Å². The molecule has 0 N–H and O–H groups in total. The minimum Gasteiger partial charge on any atom is -0.0888 e. The van der Waals surface area contributed by atoms with E-state index in [1.165, 1.54) is 129 Å². The molecule has 10 aromatic rings. The lowest BCUT2D eigenvalue weighted by molar-refractivity contribution is 0.595. The van der Waals surface area contributed by atoms with E-state index >= 15 is 0 Å². The molecule has 0 fully saturated rings. The fourth-order valence-corrected chi connectivity index (χ4v) is 12.6. The van der Waals surface area contributed by atoms with Gasteiger partial charge in [-0.1, -0.05) is 174 Å². The highest BCUT2D eigenvalue weighted by Gasteiger charge is 2.29. The van der Waals surface area contributed by atoms with E-state index < -0.39 is 0 Å². The summed E-state index contributed by atoms with van der Waals surface area (Å²) in [5.74, 6) is 0. The fourth-order valence-electron chi connectivity index (χ4n) is 10.2. The van der Waals surface area contributed by atoms with E-state index in [2.05, 4.69) is 187 Å². The van der Waals surface area contributed by atoms with Crippen molar-refractivity contribution in [3.63, 3.8) is 0 Å².